The molecule has 1 heterocycles. The van der Waals surface area contributed by atoms with Gasteiger partial charge in [-0.3, -0.25) is 13.9 Å². The minimum atomic E-state index is -4.00. The molecule has 2 amide bonds. The molecule has 0 spiro atoms. The highest BCUT2D eigenvalue weighted by Crippen LogP contribution is 2.26. The topological polar surface area (TPSA) is 101 Å². The Kier molecular flexibility index (Phi) is 5.92. The summed E-state index contributed by atoms with van der Waals surface area (Å²) in [5.74, 6) is -2.01. The molecule has 0 unspecified atom stereocenters. The molecule has 0 atom stereocenters. The summed E-state index contributed by atoms with van der Waals surface area (Å²) in [6.45, 7) is -0.593. The van der Waals surface area contributed by atoms with Crippen LogP contribution in [0.4, 0.5) is 5.69 Å². The van der Waals surface area contributed by atoms with Crippen LogP contribution in [0.3, 0.4) is 0 Å². The van der Waals surface area contributed by atoms with E-state index in [1.54, 1.807) is 30.3 Å². The first-order valence-electron chi connectivity index (χ1n) is 9.67. The van der Waals surface area contributed by atoms with E-state index in [0.29, 0.717) is 10.7 Å². The smallest absolute Gasteiger partial charge is 0.339 e. The van der Waals surface area contributed by atoms with Crippen molar-refractivity contribution in [2.75, 3.05) is 18.1 Å². The molecule has 0 bridgehead atoms. The Morgan fingerprint density at radius 3 is 2.21 bits per heavy atom. The number of rotatable bonds is 6. The molecule has 3 aromatic rings. The number of hydrogen-bond acceptors (Lipinski definition) is 6. The first kappa shape index (κ1) is 22.5. The van der Waals surface area contributed by atoms with Crippen LogP contribution in [0.25, 0.3) is 0 Å². The second-order valence-electron chi connectivity index (χ2n) is 7.13. The van der Waals surface area contributed by atoms with Gasteiger partial charge in [0.15, 0.2) is 6.73 Å². The molecule has 0 N–H and O–H groups in total. The third-order valence-electron chi connectivity index (χ3n) is 5.10. The van der Waals surface area contributed by atoms with Crippen molar-refractivity contribution < 1.29 is 27.5 Å². The van der Waals surface area contributed by atoms with Gasteiger partial charge in [-0.2, -0.15) is 0 Å². The van der Waals surface area contributed by atoms with Crippen molar-refractivity contribution in [2.24, 2.45) is 0 Å². The van der Waals surface area contributed by atoms with Crippen LogP contribution < -0.4 is 4.31 Å². The van der Waals surface area contributed by atoms with Crippen LogP contribution in [0, 0.1) is 0 Å². The van der Waals surface area contributed by atoms with Crippen molar-refractivity contribution in [3.8, 4) is 0 Å². The van der Waals surface area contributed by atoms with Crippen LogP contribution in [0.5, 0.6) is 0 Å². The molecule has 0 aliphatic carbocycles. The SMILES string of the molecule is CN(c1cccc(Cl)c1)S(=O)(=O)c1cccc(C(=O)OCN2C(=O)c3ccccc3C2=O)c1. The van der Waals surface area contributed by atoms with Crippen LogP contribution in [0.1, 0.15) is 31.1 Å². The maximum Gasteiger partial charge on any atom is 0.339 e. The molecule has 1 aliphatic heterocycles. The van der Waals surface area contributed by atoms with Gasteiger partial charge in [0, 0.05) is 12.1 Å². The van der Waals surface area contributed by atoms with E-state index in [9.17, 15) is 22.8 Å². The molecule has 1 aliphatic rings. The van der Waals surface area contributed by atoms with E-state index >= 15 is 0 Å². The van der Waals surface area contributed by atoms with Crippen LogP contribution in [0.2, 0.25) is 5.02 Å². The second-order valence-corrected chi connectivity index (χ2v) is 9.53. The van der Waals surface area contributed by atoms with Gasteiger partial charge >= 0.3 is 5.97 Å². The highest BCUT2D eigenvalue weighted by molar-refractivity contribution is 7.92. The van der Waals surface area contributed by atoms with Gasteiger partial charge in [0.05, 0.1) is 27.3 Å². The van der Waals surface area contributed by atoms with E-state index in [2.05, 4.69) is 0 Å². The van der Waals surface area contributed by atoms with Crippen molar-refractivity contribution in [1.29, 1.82) is 0 Å². The number of fused-ring (bicyclic) bond motifs is 1. The normalized spacial score (nSPS) is 13.1. The predicted molar refractivity (Wildman–Crippen MR) is 121 cm³/mol. The largest absolute Gasteiger partial charge is 0.440 e. The van der Waals surface area contributed by atoms with Gasteiger partial charge in [-0.25, -0.2) is 18.1 Å². The highest BCUT2D eigenvalue weighted by Gasteiger charge is 2.36. The maximum absolute atomic E-state index is 13.0. The fourth-order valence-corrected chi connectivity index (χ4v) is 4.73. The third kappa shape index (κ3) is 4.20. The van der Waals surface area contributed by atoms with E-state index in [4.69, 9.17) is 16.3 Å². The summed E-state index contributed by atoms with van der Waals surface area (Å²) >= 11 is 5.96. The quantitative estimate of drug-likeness (QED) is 0.391. The molecule has 0 aromatic heterocycles. The predicted octanol–water partition coefficient (Wildman–Crippen LogP) is 3.58. The molecular weight excluding hydrogens is 468 g/mol. The Morgan fingerprint density at radius 2 is 1.58 bits per heavy atom. The van der Waals surface area contributed by atoms with Crippen molar-refractivity contribution in [3.05, 3.63) is 94.5 Å². The number of halogens is 1. The van der Waals surface area contributed by atoms with Gasteiger partial charge < -0.3 is 4.74 Å². The number of hydrogen-bond donors (Lipinski definition) is 0. The molecule has 3 aromatic carbocycles. The fraction of sp³-hybridized carbons (Fsp3) is 0.0870. The van der Waals surface area contributed by atoms with E-state index < -0.39 is 34.5 Å². The molecule has 0 saturated heterocycles. The van der Waals surface area contributed by atoms with Crippen molar-refractivity contribution in [2.45, 2.75) is 4.90 Å². The molecule has 168 valence electrons. The number of ether oxygens (including phenoxy) is 1. The number of esters is 1. The monoisotopic (exact) mass is 484 g/mol. The summed E-state index contributed by atoms with van der Waals surface area (Å²) in [6.07, 6.45) is 0. The van der Waals surface area contributed by atoms with Crippen LogP contribution >= 0.6 is 11.6 Å². The third-order valence-corrected chi connectivity index (χ3v) is 7.12. The number of carbonyl (C=O) groups is 3. The number of carbonyl (C=O) groups excluding carboxylic acids is 3. The number of nitrogens with zero attached hydrogens (tertiary/aromatic N) is 2. The maximum atomic E-state index is 13.0. The Bertz CT molecular complexity index is 1350. The average molecular weight is 485 g/mol. The number of imide groups is 1. The fourth-order valence-electron chi connectivity index (χ4n) is 3.32. The van der Waals surface area contributed by atoms with Gasteiger partial charge in [-0.15, -0.1) is 0 Å². The van der Waals surface area contributed by atoms with Crippen LogP contribution in [0.15, 0.2) is 77.7 Å². The molecule has 8 nitrogen and oxygen atoms in total. The van der Waals surface area contributed by atoms with Gasteiger partial charge in [-0.05, 0) is 48.5 Å². The zero-order chi connectivity index (χ0) is 23.8. The lowest BCUT2D eigenvalue weighted by Crippen LogP contribution is -2.33. The van der Waals surface area contributed by atoms with Crippen molar-refractivity contribution in [3.63, 3.8) is 0 Å². The molecule has 4 rings (SSSR count). The molecular formula is C23H17ClN2O6S. The summed E-state index contributed by atoms with van der Waals surface area (Å²) in [7, 11) is -2.63. The zero-order valence-corrected chi connectivity index (χ0v) is 18.8. The van der Waals surface area contributed by atoms with E-state index in [-0.39, 0.29) is 21.6 Å². The number of benzene rings is 3. The van der Waals surface area contributed by atoms with Gasteiger partial charge in [-0.1, -0.05) is 35.9 Å². The van der Waals surface area contributed by atoms with Gasteiger partial charge in [0.25, 0.3) is 21.8 Å². The lowest BCUT2D eigenvalue weighted by Gasteiger charge is -2.20. The summed E-state index contributed by atoms with van der Waals surface area (Å²) in [6, 6.07) is 17.9. The molecule has 10 heteroatoms. The molecule has 33 heavy (non-hydrogen) atoms. The van der Waals surface area contributed by atoms with E-state index in [1.165, 1.54) is 49.5 Å². The first-order valence-corrected chi connectivity index (χ1v) is 11.5. The minimum absolute atomic E-state index is 0.0489. The van der Waals surface area contributed by atoms with E-state index in [0.717, 1.165) is 9.21 Å². The first-order chi connectivity index (χ1) is 15.7. The summed E-state index contributed by atoms with van der Waals surface area (Å²) < 4.78 is 32.2. The Labute approximate surface area is 195 Å². The van der Waals surface area contributed by atoms with E-state index in [1.807, 2.05) is 0 Å². The highest BCUT2D eigenvalue weighted by atomic mass is 35.5. The zero-order valence-electron chi connectivity index (χ0n) is 17.3. The summed E-state index contributed by atoms with van der Waals surface area (Å²) in [5, 5.41) is 0.375. The molecule has 0 radical (unpaired) electrons. The van der Waals surface area contributed by atoms with Gasteiger partial charge in [0.1, 0.15) is 0 Å². The van der Waals surface area contributed by atoms with Crippen LogP contribution in [-0.4, -0.2) is 44.9 Å². The minimum Gasteiger partial charge on any atom is -0.440 e. The standard InChI is InChI=1S/C23H17ClN2O6S/c1-25(17-8-5-7-16(24)13-17)33(30,31)18-9-4-6-15(12-18)23(29)32-14-26-21(27)19-10-2-3-11-20(19)22(26)28/h2-13H,14H2,1H3. The second kappa shape index (κ2) is 8.68. The lowest BCUT2D eigenvalue weighted by atomic mass is 10.1. The average Bonchev–Trinajstić information content (AvgIpc) is 3.06. The van der Waals surface area contributed by atoms with Crippen LogP contribution in [-0.2, 0) is 14.8 Å². The Hall–Kier alpha value is -3.69. The Morgan fingerprint density at radius 1 is 0.939 bits per heavy atom. The van der Waals surface area contributed by atoms with Gasteiger partial charge in [0.2, 0.25) is 0 Å². The molecule has 0 saturated carbocycles. The van der Waals surface area contributed by atoms with Crippen molar-refractivity contribution >= 4 is 45.1 Å². The van der Waals surface area contributed by atoms with Crippen molar-refractivity contribution in [1.82, 2.24) is 4.90 Å². The number of anilines is 1. The Balaban J connectivity index is 1.50. The summed E-state index contributed by atoms with van der Waals surface area (Å²) in [5.41, 5.74) is 0.764. The summed E-state index contributed by atoms with van der Waals surface area (Å²) in [4.78, 5) is 38.0. The molecule has 0 fully saturated rings. The lowest BCUT2D eigenvalue weighted by molar-refractivity contribution is 0.0228. The number of amides is 2. The number of sulfonamides is 1.